The first-order chi connectivity index (χ1) is 10.3. The molecule has 0 radical (unpaired) electrons. The van der Waals surface area contributed by atoms with Crippen molar-refractivity contribution in [1.29, 1.82) is 0 Å². The van der Waals surface area contributed by atoms with Crippen LogP contribution in [-0.4, -0.2) is 31.4 Å². The Hall–Kier alpha value is -1.40. The Kier molecular flexibility index (Phi) is 4.92. The zero-order valence-corrected chi connectivity index (χ0v) is 13.9. The first kappa shape index (κ1) is 17.0. The van der Waals surface area contributed by atoms with Crippen LogP contribution in [-0.2, 0) is 21.2 Å². The van der Waals surface area contributed by atoms with Crippen LogP contribution in [0.15, 0.2) is 24.3 Å². The van der Waals surface area contributed by atoms with Gasteiger partial charge in [0.25, 0.3) is 0 Å². The van der Waals surface area contributed by atoms with E-state index in [1.165, 1.54) is 5.56 Å². The molecule has 1 aliphatic rings. The van der Waals surface area contributed by atoms with Crippen LogP contribution >= 0.6 is 0 Å². The van der Waals surface area contributed by atoms with Gasteiger partial charge >= 0.3 is 0 Å². The van der Waals surface area contributed by atoms with E-state index in [2.05, 4.69) is 25.2 Å². The van der Waals surface area contributed by atoms with E-state index in [0.29, 0.717) is 12.5 Å². The zero-order valence-electron chi connectivity index (χ0n) is 13.1. The molecule has 0 atom stereocenters. The van der Waals surface area contributed by atoms with Gasteiger partial charge in [-0.1, -0.05) is 38.1 Å². The van der Waals surface area contributed by atoms with E-state index in [-0.39, 0.29) is 24.3 Å². The molecule has 0 saturated carbocycles. The van der Waals surface area contributed by atoms with Crippen molar-refractivity contribution in [2.75, 3.05) is 11.5 Å². The maximum Gasteiger partial charge on any atom is 0.237 e. The summed E-state index contributed by atoms with van der Waals surface area (Å²) in [6, 6.07) is 8.06. The van der Waals surface area contributed by atoms with Crippen LogP contribution in [0.3, 0.4) is 0 Å². The first-order valence-corrected chi connectivity index (χ1v) is 9.41. The minimum Gasteiger partial charge on any atom is -0.368 e. The molecule has 22 heavy (non-hydrogen) atoms. The summed E-state index contributed by atoms with van der Waals surface area (Å²) in [4.78, 5) is 11.9. The summed E-state index contributed by atoms with van der Waals surface area (Å²) >= 11 is 0. The summed E-state index contributed by atoms with van der Waals surface area (Å²) in [5.74, 6) is -0.0672. The number of primary amides is 1. The summed E-state index contributed by atoms with van der Waals surface area (Å²) in [5, 5.41) is 3.24. The van der Waals surface area contributed by atoms with Gasteiger partial charge in [0.05, 0.1) is 17.0 Å². The van der Waals surface area contributed by atoms with E-state index in [4.69, 9.17) is 5.73 Å². The van der Waals surface area contributed by atoms with Crippen molar-refractivity contribution >= 4 is 15.7 Å². The molecule has 0 aromatic heterocycles. The summed E-state index contributed by atoms with van der Waals surface area (Å²) in [7, 11) is -3.04. The fourth-order valence-corrected chi connectivity index (χ4v) is 4.44. The molecule has 0 aliphatic carbocycles. The average Bonchev–Trinajstić information content (AvgIpc) is 2.46. The lowest BCUT2D eigenvalue weighted by Gasteiger charge is -2.35. The molecule has 6 heteroatoms. The average molecular weight is 324 g/mol. The van der Waals surface area contributed by atoms with Gasteiger partial charge in [-0.15, -0.1) is 0 Å². The maximum absolute atomic E-state index is 11.9. The fraction of sp³-hybridized carbons (Fsp3) is 0.562. The number of hydrogen-bond acceptors (Lipinski definition) is 4. The third kappa shape index (κ3) is 3.67. The van der Waals surface area contributed by atoms with Crippen LogP contribution in [0.4, 0.5) is 0 Å². The second-order valence-electron chi connectivity index (χ2n) is 6.31. The van der Waals surface area contributed by atoms with Gasteiger partial charge < -0.3 is 5.73 Å². The van der Waals surface area contributed by atoms with E-state index in [9.17, 15) is 13.2 Å². The number of amides is 1. The standard InChI is InChI=1S/C16H24N2O3S/c1-12(2)14-6-4-3-5-13(14)11-18-16(15(17)19)7-9-22(20,21)10-8-16/h3-6,12,18H,7-11H2,1-2H3,(H2,17,19). The lowest BCUT2D eigenvalue weighted by atomic mass is 9.90. The van der Waals surface area contributed by atoms with Gasteiger partial charge in [0.15, 0.2) is 0 Å². The normalized spacial score (nSPS) is 20.0. The quantitative estimate of drug-likeness (QED) is 0.855. The number of nitrogens with one attached hydrogen (secondary N) is 1. The van der Waals surface area contributed by atoms with E-state index < -0.39 is 21.3 Å². The third-order valence-corrected chi connectivity index (χ3v) is 6.10. The minimum absolute atomic E-state index is 0.00870. The molecular weight excluding hydrogens is 300 g/mol. The first-order valence-electron chi connectivity index (χ1n) is 7.59. The van der Waals surface area contributed by atoms with Crippen molar-refractivity contribution in [2.24, 2.45) is 5.73 Å². The Morgan fingerprint density at radius 2 is 1.86 bits per heavy atom. The van der Waals surface area contributed by atoms with Crippen LogP contribution in [0.1, 0.15) is 43.7 Å². The summed E-state index contributed by atoms with van der Waals surface area (Å²) < 4.78 is 23.2. The van der Waals surface area contributed by atoms with Gasteiger partial charge in [-0.25, -0.2) is 8.42 Å². The Labute approximate surface area is 132 Å². The molecule has 0 spiro atoms. The molecule has 1 aromatic rings. The molecule has 1 aliphatic heterocycles. The van der Waals surface area contributed by atoms with E-state index in [1.54, 1.807) is 0 Å². The predicted octanol–water partition coefficient (Wildman–Crippen LogP) is 1.33. The van der Waals surface area contributed by atoms with Crippen LogP contribution < -0.4 is 11.1 Å². The number of rotatable bonds is 5. The molecule has 122 valence electrons. The lowest BCUT2D eigenvalue weighted by molar-refractivity contribution is -0.124. The van der Waals surface area contributed by atoms with Crippen LogP contribution in [0.2, 0.25) is 0 Å². The fourth-order valence-electron chi connectivity index (χ4n) is 2.92. The second kappa shape index (κ2) is 6.38. The van der Waals surface area contributed by atoms with E-state index >= 15 is 0 Å². The minimum atomic E-state index is -3.04. The van der Waals surface area contributed by atoms with Gasteiger partial charge in [-0.3, -0.25) is 10.1 Å². The lowest BCUT2D eigenvalue weighted by Crippen LogP contribution is -2.59. The van der Waals surface area contributed by atoms with Gasteiger partial charge in [0, 0.05) is 6.54 Å². The highest BCUT2D eigenvalue weighted by atomic mass is 32.2. The number of nitrogens with two attached hydrogens (primary N) is 1. The molecule has 3 N–H and O–H groups in total. The zero-order chi connectivity index (χ0) is 16.4. The van der Waals surface area contributed by atoms with Crippen molar-refractivity contribution in [3.05, 3.63) is 35.4 Å². The Balaban J connectivity index is 2.16. The largest absolute Gasteiger partial charge is 0.368 e. The van der Waals surface area contributed by atoms with Crippen LogP contribution in [0, 0.1) is 0 Å². The number of sulfone groups is 1. The Bertz CT molecular complexity index is 639. The predicted molar refractivity (Wildman–Crippen MR) is 87.2 cm³/mol. The summed E-state index contributed by atoms with van der Waals surface area (Å²) in [6.07, 6.45) is 0.489. The van der Waals surface area contributed by atoms with Crippen molar-refractivity contribution in [3.63, 3.8) is 0 Å². The van der Waals surface area contributed by atoms with Crippen molar-refractivity contribution in [2.45, 2.75) is 44.7 Å². The molecule has 1 fully saturated rings. The SMILES string of the molecule is CC(C)c1ccccc1CNC1(C(N)=O)CCS(=O)(=O)CC1. The van der Waals surface area contributed by atoms with E-state index in [1.807, 2.05) is 18.2 Å². The molecule has 1 aromatic carbocycles. The maximum atomic E-state index is 11.9. The van der Waals surface area contributed by atoms with Gasteiger partial charge in [0.2, 0.25) is 5.91 Å². The number of hydrogen-bond donors (Lipinski definition) is 2. The smallest absolute Gasteiger partial charge is 0.237 e. The molecule has 2 rings (SSSR count). The van der Waals surface area contributed by atoms with Crippen LogP contribution in [0.25, 0.3) is 0 Å². The summed E-state index contributed by atoms with van der Waals surface area (Å²) in [5.41, 5.74) is 6.97. The molecule has 1 heterocycles. The molecule has 1 saturated heterocycles. The molecule has 1 amide bonds. The summed E-state index contributed by atoms with van der Waals surface area (Å²) in [6.45, 7) is 4.75. The number of carbonyl (C=O) groups excluding carboxylic acids is 1. The monoisotopic (exact) mass is 324 g/mol. The van der Waals surface area contributed by atoms with Crippen LogP contribution in [0.5, 0.6) is 0 Å². The highest BCUT2D eigenvalue weighted by Gasteiger charge is 2.41. The molecule has 0 bridgehead atoms. The molecular formula is C16H24N2O3S. The number of carbonyl (C=O) groups is 1. The third-order valence-electron chi connectivity index (χ3n) is 4.45. The van der Waals surface area contributed by atoms with Crippen molar-refractivity contribution in [3.8, 4) is 0 Å². The Morgan fingerprint density at radius 3 is 2.41 bits per heavy atom. The highest BCUT2D eigenvalue weighted by molar-refractivity contribution is 7.91. The topological polar surface area (TPSA) is 89.3 Å². The molecule has 0 unspecified atom stereocenters. The van der Waals surface area contributed by atoms with Gasteiger partial charge in [0.1, 0.15) is 9.84 Å². The van der Waals surface area contributed by atoms with Crippen molar-refractivity contribution < 1.29 is 13.2 Å². The molecule has 5 nitrogen and oxygen atoms in total. The Morgan fingerprint density at radius 1 is 1.27 bits per heavy atom. The van der Waals surface area contributed by atoms with Gasteiger partial charge in [-0.2, -0.15) is 0 Å². The van der Waals surface area contributed by atoms with Gasteiger partial charge in [-0.05, 0) is 29.9 Å². The van der Waals surface area contributed by atoms with Crippen molar-refractivity contribution in [1.82, 2.24) is 5.32 Å². The van der Waals surface area contributed by atoms with E-state index in [0.717, 1.165) is 5.56 Å². The number of benzene rings is 1. The second-order valence-corrected chi connectivity index (χ2v) is 8.61. The highest BCUT2D eigenvalue weighted by Crippen LogP contribution is 2.25.